The van der Waals surface area contributed by atoms with Crippen molar-refractivity contribution in [3.63, 3.8) is 0 Å². The van der Waals surface area contributed by atoms with Gasteiger partial charge in [-0.15, -0.1) is 0 Å². The molecule has 2 amide bonds. The van der Waals surface area contributed by atoms with Crippen molar-refractivity contribution in [1.82, 2.24) is 4.90 Å². The van der Waals surface area contributed by atoms with Gasteiger partial charge in [-0.2, -0.15) is 0 Å². The zero-order chi connectivity index (χ0) is 14.0. The monoisotopic (exact) mass is 302 g/mol. The Labute approximate surface area is 120 Å². The summed E-state index contributed by atoms with van der Waals surface area (Å²) in [5.74, 6) is -0.818. The third kappa shape index (κ3) is 3.30. The van der Waals surface area contributed by atoms with E-state index in [4.69, 9.17) is 28.3 Å². The van der Waals surface area contributed by atoms with Crippen LogP contribution in [0.4, 0.5) is 10.5 Å². The number of nitrogens with zero attached hydrogens (tertiary/aromatic N) is 1. The van der Waals surface area contributed by atoms with Crippen molar-refractivity contribution in [1.29, 1.82) is 0 Å². The molecule has 2 rings (SSSR count). The van der Waals surface area contributed by atoms with Gasteiger partial charge in [-0.05, 0) is 12.1 Å². The van der Waals surface area contributed by atoms with Crippen LogP contribution in [0, 0.1) is 5.92 Å². The first-order valence-corrected chi connectivity index (χ1v) is 6.44. The fourth-order valence-corrected chi connectivity index (χ4v) is 2.25. The highest BCUT2D eigenvalue weighted by Crippen LogP contribution is 2.30. The van der Waals surface area contributed by atoms with Crippen LogP contribution in [0.1, 0.15) is 6.42 Å². The van der Waals surface area contributed by atoms with Crippen molar-refractivity contribution >= 4 is 40.9 Å². The molecule has 0 aliphatic carbocycles. The molecule has 1 fully saturated rings. The zero-order valence-electron chi connectivity index (χ0n) is 9.90. The summed E-state index contributed by atoms with van der Waals surface area (Å²) >= 11 is 11.8. The molecular weight excluding hydrogens is 291 g/mol. The summed E-state index contributed by atoms with van der Waals surface area (Å²) < 4.78 is 0. The zero-order valence-corrected chi connectivity index (χ0v) is 11.4. The average molecular weight is 303 g/mol. The van der Waals surface area contributed by atoms with Crippen LogP contribution in [0.25, 0.3) is 0 Å². The number of amides is 2. The van der Waals surface area contributed by atoms with Gasteiger partial charge in [0.25, 0.3) is 0 Å². The third-order valence-electron chi connectivity index (χ3n) is 2.90. The lowest BCUT2D eigenvalue weighted by molar-refractivity contribution is -0.139. The Morgan fingerprint density at radius 2 is 2.05 bits per heavy atom. The first-order valence-electron chi connectivity index (χ1n) is 5.69. The Bertz CT molecular complexity index is 516. The number of carboxylic acid groups (broad SMARTS) is 1. The normalized spacial score (nSPS) is 14.9. The van der Waals surface area contributed by atoms with E-state index in [1.807, 2.05) is 0 Å². The minimum absolute atomic E-state index is 0.0260. The molecule has 5 nitrogen and oxygen atoms in total. The van der Waals surface area contributed by atoms with Gasteiger partial charge in [0.2, 0.25) is 0 Å². The molecule has 102 valence electrons. The van der Waals surface area contributed by atoms with Crippen LogP contribution in [0.3, 0.4) is 0 Å². The summed E-state index contributed by atoms with van der Waals surface area (Å²) in [5, 5.41) is 11.9. The molecule has 0 aromatic heterocycles. The summed E-state index contributed by atoms with van der Waals surface area (Å²) in [6.07, 6.45) is 0.0850. The highest BCUT2D eigenvalue weighted by Gasteiger charge is 2.32. The van der Waals surface area contributed by atoms with Crippen molar-refractivity contribution in [2.75, 3.05) is 18.4 Å². The van der Waals surface area contributed by atoms with Gasteiger partial charge < -0.3 is 15.3 Å². The average Bonchev–Trinajstić information content (AvgIpc) is 2.28. The van der Waals surface area contributed by atoms with Crippen LogP contribution in [0.5, 0.6) is 0 Å². The molecule has 1 aliphatic heterocycles. The van der Waals surface area contributed by atoms with E-state index in [1.165, 1.54) is 4.90 Å². The van der Waals surface area contributed by atoms with Gasteiger partial charge in [-0.25, -0.2) is 4.79 Å². The van der Waals surface area contributed by atoms with E-state index in [0.717, 1.165) is 0 Å². The molecule has 0 atom stereocenters. The minimum Gasteiger partial charge on any atom is -0.481 e. The van der Waals surface area contributed by atoms with E-state index >= 15 is 0 Å². The van der Waals surface area contributed by atoms with Crippen LogP contribution in [-0.4, -0.2) is 35.1 Å². The van der Waals surface area contributed by atoms with E-state index in [-0.39, 0.29) is 18.4 Å². The Balaban J connectivity index is 1.89. The van der Waals surface area contributed by atoms with Crippen LogP contribution in [0.2, 0.25) is 10.0 Å². The van der Waals surface area contributed by atoms with E-state index in [0.29, 0.717) is 28.8 Å². The Kier molecular flexibility index (Phi) is 4.17. The van der Waals surface area contributed by atoms with Crippen LogP contribution < -0.4 is 5.32 Å². The minimum atomic E-state index is -0.844. The van der Waals surface area contributed by atoms with Gasteiger partial charge in [-0.3, -0.25) is 4.79 Å². The summed E-state index contributed by atoms with van der Waals surface area (Å²) in [7, 11) is 0. The number of hydrogen-bond donors (Lipinski definition) is 2. The Hall–Kier alpha value is -1.46. The molecular formula is C12H12Cl2N2O3. The fourth-order valence-electron chi connectivity index (χ4n) is 1.91. The summed E-state index contributed by atoms with van der Waals surface area (Å²) in [4.78, 5) is 23.9. The Morgan fingerprint density at radius 3 is 2.68 bits per heavy atom. The van der Waals surface area contributed by atoms with Gasteiger partial charge in [0.1, 0.15) is 0 Å². The number of aliphatic carboxylic acids is 1. The van der Waals surface area contributed by atoms with Gasteiger partial charge in [0.05, 0.1) is 22.2 Å². The number of likely N-dealkylation sites (tertiary alicyclic amines) is 1. The molecule has 0 saturated carbocycles. The van der Waals surface area contributed by atoms with Crippen LogP contribution >= 0.6 is 23.2 Å². The van der Waals surface area contributed by atoms with Crippen molar-refractivity contribution < 1.29 is 14.7 Å². The number of benzene rings is 1. The van der Waals surface area contributed by atoms with E-state index in [9.17, 15) is 9.59 Å². The first-order chi connectivity index (χ1) is 8.97. The predicted molar refractivity (Wildman–Crippen MR) is 72.8 cm³/mol. The third-order valence-corrected chi connectivity index (χ3v) is 3.72. The molecule has 0 radical (unpaired) electrons. The van der Waals surface area contributed by atoms with Gasteiger partial charge in [0.15, 0.2) is 0 Å². The predicted octanol–water partition coefficient (Wildman–Crippen LogP) is 2.93. The van der Waals surface area contributed by atoms with Gasteiger partial charge in [0, 0.05) is 19.0 Å². The lowest BCUT2D eigenvalue weighted by atomic mass is 9.97. The maximum atomic E-state index is 11.9. The molecule has 1 aliphatic rings. The number of carbonyl (C=O) groups is 2. The smallest absolute Gasteiger partial charge is 0.321 e. The van der Waals surface area contributed by atoms with Crippen molar-refractivity contribution in [3.8, 4) is 0 Å². The molecule has 1 aromatic carbocycles. The number of carboxylic acids is 1. The number of urea groups is 1. The SMILES string of the molecule is O=C(O)CC1CN(C(=O)Nc2cccc(Cl)c2Cl)C1. The maximum absolute atomic E-state index is 11.9. The molecule has 1 heterocycles. The Morgan fingerprint density at radius 1 is 1.37 bits per heavy atom. The van der Waals surface area contributed by atoms with Crippen molar-refractivity contribution in [2.45, 2.75) is 6.42 Å². The lowest BCUT2D eigenvalue weighted by Crippen LogP contribution is -2.52. The summed E-state index contributed by atoms with van der Waals surface area (Å²) in [6, 6.07) is 4.67. The molecule has 2 N–H and O–H groups in total. The first kappa shape index (κ1) is 14.0. The lowest BCUT2D eigenvalue weighted by Gasteiger charge is -2.38. The molecule has 19 heavy (non-hydrogen) atoms. The molecule has 1 aromatic rings. The second-order valence-electron chi connectivity index (χ2n) is 4.40. The number of rotatable bonds is 3. The molecule has 0 unspecified atom stereocenters. The summed E-state index contributed by atoms with van der Waals surface area (Å²) in [6.45, 7) is 0.882. The van der Waals surface area contributed by atoms with Gasteiger partial charge >= 0.3 is 12.0 Å². The quantitative estimate of drug-likeness (QED) is 0.902. The number of anilines is 1. The van der Waals surface area contributed by atoms with E-state index < -0.39 is 5.97 Å². The maximum Gasteiger partial charge on any atom is 0.321 e. The molecule has 0 bridgehead atoms. The molecule has 7 heteroatoms. The number of hydrogen-bond acceptors (Lipinski definition) is 2. The van der Waals surface area contributed by atoms with E-state index in [1.54, 1.807) is 18.2 Å². The second-order valence-corrected chi connectivity index (χ2v) is 5.19. The topological polar surface area (TPSA) is 69.6 Å². The van der Waals surface area contributed by atoms with Crippen LogP contribution in [-0.2, 0) is 4.79 Å². The number of halogens is 2. The second kappa shape index (κ2) is 5.67. The number of carbonyl (C=O) groups excluding carboxylic acids is 1. The summed E-state index contributed by atoms with van der Waals surface area (Å²) in [5.41, 5.74) is 0.445. The largest absolute Gasteiger partial charge is 0.481 e. The van der Waals surface area contributed by atoms with Crippen LogP contribution in [0.15, 0.2) is 18.2 Å². The fraction of sp³-hybridized carbons (Fsp3) is 0.333. The van der Waals surface area contributed by atoms with Crippen molar-refractivity contribution in [2.24, 2.45) is 5.92 Å². The van der Waals surface area contributed by atoms with Gasteiger partial charge in [-0.1, -0.05) is 29.3 Å². The molecule has 1 saturated heterocycles. The highest BCUT2D eigenvalue weighted by molar-refractivity contribution is 6.43. The highest BCUT2D eigenvalue weighted by atomic mass is 35.5. The van der Waals surface area contributed by atoms with E-state index in [2.05, 4.69) is 5.32 Å². The van der Waals surface area contributed by atoms with Crippen molar-refractivity contribution in [3.05, 3.63) is 28.2 Å². The number of nitrogens with one attached hydrogen (secondary N) is 1. The standard InChI is InChI=1S/C12H12Cl2N2O3/c13-8-2-1-3-9(11(8)14)15-12(19)16-5-7(6-16)4-10(17)18/h1-3,7H,4-6H2,(H,15,19)(H,17,18). The molecule has 0 spiro atoms.